The van der Waals surface area contributed by atoms with Gasteiger partial charge in [0.1, 0.15) is 17.7 Å². The maximum Gasteiger partial charge on any atom is 0.411 e. The molecule has 0 saturated carbocycles. The molecule has 1 heterocycles. The van der Waals surface area contributed by atoms with E-state index in [-0.39, 0.29) is 24.4 Å². The summed E-state index contributed by atoms with van der Waals surface area (Å²) in [5, 5.41) is 5.71. The van der Waals surface area contributed by atoms with Crippen LogP contribution < -0.4 is 10.6 Å². The zero-order valence-corrected chi connectivity index (χ0v) is 19.9. The number of amides is 3. The van der Waals surface area contributed by atoms with Crippen LogP contribution in [0.1, 0.15) is 57.4 Å². The lowest BCUT2D eigenvalue weighted by Crippen LogP contribution is -2.56. The number of hydrogen-bond donors (Lipinski definition) is 2. The van der Waals surface area contributed by atoms with Gasteiger partial charge in [-0.2, -0.15) is 0 Å². The number of nitrogens with zero attached hydrogens (tertiary/aromatic N) is 1. The number of hydrogen-bond acceptors (Lipinski definition) is 4. The van der Waals surface area contributed by atoms with Gasteiger partial charge in [-0.1, -0.05) is 54.6 Å². The van der Waals surface area contributed by atoms with Gasteiger partial charge in [-0.3, -0.25) is 14.5 Å². The molecular formula is C26H33N3O4. The fraction of sp³-hybridized carbons (Fsp3) is 0.423. The summed E-state index contributed by atoms with van der Waals surface area (Å²) in [7, 11) is 0. The predicted molar refractivity (Wildman–Crippen MR) is 126 cm³/mol. The minimum Gasteiger partial charge on any atom is -0.444 e. The topological polar surface area (TPSA) is 87.7 Å². The standard InChI is InChI=1S/C26H33N3O4/c1-17(19-11-7-6-8-12-19)27-23(30)18(2)28-24(31)22-15-20-13-9-10-14-21(20)16-29(22)25(32)33-26(3,4)5/h6-14,17-18,22H,15-16H2,1-5H3,(H,27,30)(H,28,31)/t17-,18+,22+/m1/s1. The summed E-state index contributed by atoms with van der Waals surface area (Å²) in [6.45, 7) is 9.17. The molecule has 3 rings (SSSR count). The summed E-state index contributed by atoms with van der Waals surface area (Å²) >= 11 is 0. The SMILES string of the molecule is C[C@H](NC(=O)[C@@H]1Cc2ccccc2CN1C(=O)OC(C)(C)C)C(=O)N[C@H](C)c1ccccc1. The van der Waals surface area contributed by atoms with Gasteiger partial charge in [0, 0.05) is 6.42 Å². The fourth-order valence-electron chi connectivity index (χ4n) is 3.81. The maximum atomic E-state index is 13.2. The normalized spacial score (nSPS) is 17.4. The molecule has 0 unspecified atom stereocenters. The van der Waals surface area contributed by atoms with Crippen LogP contribution >= 0.6 is 0 Å². The van der Waals surface area contributed by atoms with Crippen molar-refractivity contribution in [2.45, 2.75) is 71.3 Å². The highest BCUT2D eigenvalue weighted by atomic mass is 16.6. The van der Waals surface area contributed by atoms with Gasteiger partial charge in [-0.15, -0.1) is 0 Å². The molecule has 176 valence electrons. The average molecular weight is 452 g/mol. The first-order valence-electron chi connectivity index (χ1n) is 11.3. The third-order valence-electron chi connectivity index (χ3n) is 5.59. The average Bonchev–Trinajstić information content (AvgIpc) is 2.77. The fourth-order valence-corrected chi connectivity index (χ4v) is 3.81. The molecule has 2 aromatic carbocycles. The number of carbonyl (C=O) groups excluding carboxylic acids is 3. The van der Waals surface area contributed by atoms with E-state index in [1.807, 2.05) is 61.5 Å². The summed E-state index contributed by atoms with van der Waals surface area (Å²) in [6, 6.07) is 15.6. The first kappa shape index (κ1) is 24.3. The molecule has 7 nitrogen and oxygen atoms in total. The summed E-state index contributed by atoms with van der Waals surface area (Å²) in [5.74, 6) is -0.676. The Morgan fingerprint density at radius 3 is 2.18 bits per heavy atom. The van der Waals surface area contributed by atoms with E-state index < -0.39 is 23.8 Å². The van der Waals surface area contributed by atoms with Crippen molar-refractivity contribution in [2.75, 3.05) is 0 Å². The van der Waals surface area contributed by atoms with Gasteiger partial charge < -0.3 is 15.4 Å². The van der Waals surface area contributed by atoms with Crippen molar-refractivity contribution in [1.82, 2.24) is 15.5 Å². The number of benzene rings is 2. The van der Waals surface area contributed by atoms with Crippen molar-refractivity contribution in [2.24, 2.45) is 0 Å². The Bertz CT molecular complexity index is 1000. The van der Waals surface area contributed by atoms with Crippen LogP contribution in [-0.4, -0.2) is 40.5 Å². The zero-order valence-electron chi connectivity index (χ0n) is 19.9. The Morgan fingerprint density at radius 2 is 1.55 bits per heavy atom. The molecule has 0 bridgehead atoms. The van der Waals surface area contributed by atoms with Gasteiger partial charge in [-0.25, -0.2) is 4.79 Å². The molecule has 3 amide bonds. The Hall–Kier alpha value is -3.35. The molecule has 2 N–H and O–H groups in total. The Labute approximate surface area is 195 Å². The quantitative estimate of drug-likeness (QED) is 0.725. The Morgan fingerprint density at radius 1 is 0.939 bits per heavy atom. The lowest BCUT2D eigenvalue weighted by atomic mass is 9.93. The minimum atomic E-state index is -0.767. The van der Waals surface area contributed by atoms with Crippen molar-refractivity contribution < 1.29 is 19.1 Å². The second-order valence-electron chi connectivity index (χ2n) is 9.47. The van der Waals surface area contributed by atoms with E-state index in [4.69, 9.17) is 4.74 Å². The highest BCUT2D eigenvalue weighted by Crippen LogP contribution is 2.25. The van der Waals surface area contributed by atoms with Gasteiger partial charge >= 0.3 is 6.09 Å². The van der Waals surface area contributed by atoms with Gasteiger partial charge in [0.05, 0.1) is 12.6 Å². The lowest BCUT2D eigenvalue weighted by Gasteiger charge is -2.37. The van der Waals surface area contributed by atoms with Gasteiger partial charge in [-0.05, 0) is 51.3 Å². The molecule has 3 atom stereocenters. The van der Waals surface area contributed by atoms with Crippen molar-refractivity contribution >= 4 is 17.9 Å². The molecule has 0 saturated heterocycles. The van der Waals surface area contributed by atoms with E-state index in [2.05, 4.69) is 10.6 Å². The summed E-state index contributed by atoms with van der Waals surface area (Å²) < 4.78 is 5.55. The number of ether oxygens (including phenoxy) is 1. The lowest BCUT2D eigenvalue weighted by molar-refractivity contribution is -0.132. The van der Waals surface area contributed by atoms with E-state index in [1.54, 1.807) is 27.7 Å². The highest BCUT2D eigenvalue weighted by Gasteiger charge is 2.37. The second kappa shape index (κ2) is 10.1. The van der Waals surface area contributed by atoms with E-state index in [1.165, 1.54) is 4.90 Å². The van der Waals surface area contributed by atoms with Crippen LogP contribution in [-0.2, 0) is 27.3 Å². The second-order valence-corrected chi connectivity index (χ2v) is 9.47. The van der Waals surface area contributed by atoms with Crippen LogP contribution in [0.2, 0.25) is 0 Å². The minimum absolute atomic E-state index is 0.196. The van der Waals surface area contributed by atoms with E-state index >= 15 is 0 Å². The summed E-state index contributed by atoms with van der Waals surface area (Å²) in [5.41, 5.74) is 2.28. The first-order valence-corrected chi connectivity index (χ1v) is 11.3. The van der Waals surface area contributed by atoms with Crippen LogP contribution in [0.5, 0.6) is 0 Å². The predicted octanol–water partition coefficient (Wildman–Crippen LogP) is 3.73. The molecule has 0 aliphatic carbocycles. The molecule has 2 aromatic rings. The molecular weight excluding hydrogens is 418 g/mol. The Balaban J connectivity index is 1.71. The van der Waals surface area contributed by atoms with Crippen LogP contribution in [0, 0.1) is 0 Å². The number of carbonyl (C=O) groups is 3. The number of nitrogens with one attached hydrogen (secondary N) is 2. The number of fused-ring (bicyclic) bond motifs is 1. The maximum absolute atomic E-state index is 13.2. The van der Waals surface area contributed by atoms with Crippen molar-refractivity contribution in [3.05, 3.63) is 71.3 Å². The van der Waals surface area contributed by atoms with Crippen molar-refractivity contribution in [3.63, 3.8) is 0 Å². The van der Waals surface area contributed by atoms with Crippen LogP contribution in [0.3, 0.4) is 0 Å². The van der Waals surface area contributed by atoms with Gasteiger partial charge in [0.15, 0.2) is 0 Å². The molecule has 33 heavy (non-hydrogen) atoms. The van der Waals surface area contributed by atoms with E-state index in [0.717, 1.165) is 16.7 Å². The summed E-state index contributed by atoms with van der Waals surface area (Å²) in [4.78, 5) is 40.3. The van der Waals surface area contributed by atoms with E-state index in [9.17, 15) is 14.4 Å². The monoisotopic (exact) mass is 451 g/mol. The van der Waals surface area contributed by atoms with Crippen LogP contribution in [0.4, 0.5) is 4.79 Å². The van der Waals surface area contributed by atoms with Crippen LogP contribution in [0.25, 0.3) is 0 Å². The smallest absolute Gasteiger partial charge is 0.411 e. The molecule has 0 fully saturated rings. The van der Waals surface area contributed by atoms with Crippen molar-refractivity contribution in [3.8, 4) is 0 Å². The summed E-state index contributed by atoms with van der Waals surface area (Å²) in [6.07, 6.45) is -0.192. The van der Waals surface area contributed by atoms with E-state index in [0.29, 0.717) is 6.42 Å². The largest absolute Gasteiger partial charge is 0.444 e. The highest BCUT2D eigenvalue weighted by molar-refractivity contribution is 5.91. The molecule has 0 radical (unpaired) electrons. The third-order valence-corrected chi connectivity index (χ3v) is 5.59. The zero-order chi connectivity index (χ0) is 24.2. The van der Waals surface area contributed by atoms with Crippen molar-refractivity contribution in [1.29, 1.82) is 0 Å². The molecule has 1 aliphatic heterocycles. The molecule has 1 aliphatic rings. The molecule has 0 aromatic heterocycles. The van der Waals surface area contributed by atoms with Crippen LogP contribution in [0.15, 0.2) is 54.6 Å². The first-order chi connectivity index (χ1) is 15.5. The Kier molecular flexibility index (Phi) is 7.41. The van der Waals surface area contributed by atoms with Gasteiger partial charge in [0.2, 0.25) is 11.8 Å². The molecule has 0 spiro atoms. The van der Waals surface area contributed by atoms with Gasteiger partial charge in [0.25, 0.3) is 0 Å². The molecule has 7 heteroatoms. The third kappa shape index (κ3) is 6.34. The number of rotatable bonds is 5.